The molecule has 30 heavy (non-hydrogen) atoms. The van der Waals surface area contributed by atoms with Crippen LogP contribution in [0.5, 0.6) is 0 Å². The van der Waals surface area contributed by atoms with Gasteiger partial charge in [-0.2, -0.15) is 17.9 Å². The lowest BCUT2D eigenvalue weighted by Gasteiger charge is -2.11. The van der Waals surface area contributed by atoms with Gasteiger partial charge in [-0.05, 0) is 19.1 Å². The molecule has 0 aliphatic heterocycles. The third kappa shape index (κ3) is 3.60. The Labute approximate surface area is 163 Å². The molecule has 1 aromatic carbocycles. The van der Waals surface area contributed by atoms with E-state index in [4.69, 9.17) is 5.14 Å². The predicted octanol–water partition coefficient (Wildman–Crippen LogP) is 2.86. The maximum Gasteiger partial charge on any atom is 0.453 e. The molecule has 15 heteroatoms. The van der Waals surface area contributed by atoms with E-state index in [0.717, 1.165) is 19.1 Å². The fourth-order valence-electron chi connectivity index (χ4n) is 2.43. The van der Waals surface area contributed by atoms with Gasteiger partial charge in [0.2, 0.25) is 10.0 Å². The summed E-state index contributed by atoms with van der Waals surface area (Å²) in [5.41, 5.74) is -2.01. The van der Waals surface area contributed by atoms with Crippen molar-refractivity contribution in [2.45, 2.75) is 18.0 Å². The van der Waals surface area contributed by atoms with Crippen LogP contribution in [-0.4, -0.2) is 28.2 Å². The van der Waals surface area contributed by atoms with Crippen LogP contribution in [0, 0.1) is 30.2 Å². The summed E-state index contributed by atoms with van der Waals surface area (Å²) in [6, 6.07) is 1.70. The summed E-state index contributed by atoms with van der Waals surface area (Å²) in [5.74, 6) is -11.7. The number of alkyl halides is 3. The van der Waals surface area contributed by atoms with Crippen molar-refractivity contribution in [2.75, 3.05) is 0 Å². The van der Waals surface area contributed by atoms with Gasteiger partial charge in [-0.1, -0.05) is 0 Å². The highest BCUT2D eigenvalue weighted by Gasteiger charge is 2.39. The Bertz CT molecular complexity index is 1220. The van der Waals surface area contributed by atoms with Crippen molar-refractivity contribution >= 4 is 10.0 Å². The van der Waals surface area contributed by atoms with E-state index in [1.165, 1.54) is 0 Å². The van der Waals surface area contributed by atoms with Gasteiger partial charge in [0.1, 0.15) is 4.90 Å². The molecular formula is C15H8F7N5O2S. The normalized spacial score (nSPS) is 12.4. The number of sulfonamides is 1. The van der Waals surface area contributed by atoms with Gasteiger partial charge < -0.3 is 0 Å². The lowest BCUT2D eigenvalue weighted by Crippen LogP contribution is -2.13. The molecule has 0 unspecified atom stereocenters. The molecule has 0 fully saturated rings. The summed E-state index contributed by atoms with van der Waals surface area (Å²) in [7, 11) is -4.20. The van der Waals surface area contributed by atoms with Crippen molar-refractivity contribution in [3.63, 3.8) is 0 Å². The quantitative estimate of drug-likeness (QED) is 0.372. The van der Waals surface area contributed by atoms with Crippen LogP contribution in [0.25, 0.3) is 17.2 Å². The number of primary sulfonamides is 1. The van der Waals surface area contributed by atoms with E-state index in [1.807, 2.05) is 0 Å². The van der Waals surface area contributed by atoms with Crippen molar-refractivity contribution in [3.05, 3.63) is 53.0 Å². The second-order valence-corrected chi connectivity index (χ2v) is 7.38. The van der Waals surface area contributed by atoms with Crippen molar-refractivity contribution < 1.29 is 39.2 Å². The van der Waals surface area contributed by atoms with Crippen LogP contribution in [-0.2, 0) is 16.2 Å². The minimum absolute atomic E-state index is 0.276. The summed E-state index contributed by atoms with van der Waals surface area (Å²) in [4.78, 5) is 6.14. The van der Waals surface area contributed by atoms with Gasteiger partial charge in [-0.25, -0.2) is 41.1 Å². The average molecular weight is 455 g/mol. The van der Waals surface area contributed by atoms with E-state index in [9.17, 15) is 39.2 Å². The number of hydrogen-bond acceptors (Lipinski definition) is 5. The monoisotopic (exact) mass is 455 g/mol. The number of hydrogen-bond donors (Lipinski definition) is 1. The van der Waals surface area contributed by atoms with Gasteiger partial charge in [0.15, 0.2) is 34.9 Å². The molecule has 2 heterocycles. The fraction of sp³-hybridized carbons (Fsp3) is 0.133. The predicted molar refractivity (Wildman–Crippen MR) is 85.5 cm³/mol. The first-order valence-electron chi connectivity index (χ1n) is 7.60. The van der Waals surface area contributed by atoms with Crippen LogP contribution in [0.15, 0.2) is 23.2 Å². The summed E-state index contributed by atoms with van der Waals surface area (Å²) in [5, 5.41) is 8.01. The molecule has 0 spiro atoms. The molecular weight excluding hydrogens is 447 g/mol. The molecule has 0 aliphatic carbocycles. The van der Waals surface area contributed by atoms with Crippen molar-refractivity contribution in [1.82, 2.24) is 19.7 Å². The van der Waals surface area contributed by atoms with Crippen molar-refractivity contribution in [3.8, 4) is 17.2 Å². The molecule has 7 nitrogen and oxygen atoms in total. The Hall–Kier alpha value is -3.07. The van der Waals surface area contributed by atoms with Crippen LogP contribution < -0.4 is 5.14 Å². The molecule has 2 aromatic heterocycles. The number of nitrogens with two attached hydrogens (primary N) is 1. The third-order valence-corrected chi connectivity index (χ3v) is 4.75. The first-order valence-corrected chi connectivity index (χ1v) is 9.14. The maximum absolute atomic E-state index is 14.4. The Morgan fingerprint density at radius 1 is 1.00 bits per heavy atom. The van der Waals surface area contributed by atoms with Gasteiger partial charge in [0.05, 0.1) is 5.56 Å². The van der Waals surface area contributed by atoms with Crippen LogP contribution in [0.3, 0.4) is 0 Å². The SMILES string of the molecule is Cc1c(F)c(F)c(F)c(F)c1-c1nc(C(F)(F)F)nn1-c1ccc(S(N)(=O)=O)cn1. The van der Waals surface area contributed by atoms with Crippen LogP contribution in [0.4, 0.5) is 30.7 Å². The number of rotatable bonds is 3. The van der Waals surface area contributed by atoms with E-state index in [1.54, 1.807) is 0 Å². The van der Waals surface area contributed by atoms with Gasteiger partial charge in [-0.3, -0.25) is 0 Å². The molecule has 0 atom stereocenters. The van der Waals surface area contributed by atoms with E-state index >= 15 is 0 Å². The largest absolute Gasteiger partial charge is 0.453 e. The first-order chi connectivity index (χ1) is 13.7. The molecule has 0 saturated heterocycles. The minimum atomic E-state index is -5.15. The van der Waals surface area contributed by atoms with Crippen LogP contribution in [0.1, 0.15) is 11.4 Å². The molecule has 3 aromatic rings. The number of pyridine rings is 1. The molecule has 0 radical (unpaired) electrons. The summed E-state index contributed by atoms with van der Waals surface area (Å²) in [6.07, 6.45) is -4.49. The Morgan fingerprint density at radius 2 is 1.60 bits per heavy atom. The van der Waals surface area contributed by atoms with E-state index in [0.29, 0.717) is 6.20 Å². The summed E-state index contributed by atoms with van der Waals surface area (Å²) < 4.78 is 118. The molecule has 3 rings (SSSR count). The first kappa shape index (κ1) is 21.6. The van der Waals surface area contributed by atoms with E-state index in [2.05, 4.69) is 15.1 Å². The van der Waals surface area contributed by atoms with Crippen LogP contribution in [0.2, 0.25) is 0 Å². The zero-order chi connectivity index (χ0) is 22.6. The van der Waals surface area contributed by atoms with E-state index in [-0.39, 0.29) is 4.68 Å². The highest BCUT2D eigenvalue weighted by atomic mass is 32.2. The Balaban J connectivity index is 2.34. The zero-order valence-electron chi connectivity index (χ0n) is 14.5. The molecule has 0 amide bonds. The lowest BCUT2D eigenvalue weighted by atomic mass is 10.1. The fourth-order valence-corrected chi connectivity index (χ4v) is 2.88. The zero-order valence-corrected chi connectivity index (χ0v) is 15.3. The van der Waals surface area contributed by atoms with Gasteiger partial charge in [0, 0.05) is 11.8 Å². The molecule has 160 valence electrons. The number of aromatic nitrogens is 4. The Morgan fingerprint density at radius 3 is 2.10 bits per heavy atom. The summed E-state index contributed by atoms with van der Waals surface area (Å²) >= 11 is 0. The van der Waals surface area contributed by atoms with Gasteiger partial charge in [-0.15, -0.1) is 5.10 Å². The number of benzene rings is 1. The van der Waals surface area contributed by atoms with E-state index < -0.39 is 73.0 Å². The van der Waals surface area contributed by atoms with Crippen molar-refractivity contribution in [2.24, 2.45) is 5.14 Å². The summed E-state index contributed by atoms with van der Waals surface area (Å²) in [6.45, 7) is 0.792. The number of halogens is 7. The third-order valence-electron chi connectivity index (χ3n) is 3.85. The minimum Gasteiger partial charge on any atom is -0.236 e. The van der Waals surface area contributed by atoms with Gasteiger partial charge in [0.25, 0.3) is 5.82 Å². The molecule has 0 saturated carbocycles. The second kappa shape index (κ2) is 7.02. The second-order valence-electron chi connectivity index (χ2n) is 5.82. The highest BCUT2D eigenvalue weighted by Crippen LogP contribution is 2.35. The Kier molecular flexibility index (Phi) is 5.06. The molecule has 2 N–H and O–H groups in total. The number of nitrogens with zero attached hydrogens (tertiary/aromatic N) is 4. The average Bonchev–Trinajstić information content (AvgIpc) is 3.10. The van der Waals surface area contributed by atoms with Crippen molar-refractivity contribution in [1.29, 1.82) is 0 Å². The maximum atomic E-state index is 14.4. The molecule has 0 aliphatic rings. The standard InChI is InChI=1S/C15H8F7N5O2S/c1-5-8(10(17)12(19)11(18)9(5)16)13-25-14(15(20,21)22)26-27(13)7-3-2-6(4-24-7)30(23,28)29/h2-4H,1H3,(H2,23,28,29). The smallest absolute Gasteiger partial charge is 0.236 e. The van der Waals surface area contributed by atoms with Gasteiger partial charge >= 0.3 is 6.18 Å². The lowest BCUT2D eigenvalue weighted by molar-refractivity contribution is -0.144. The molecule has 0 bridgehead atoms. The van der Waals surface area contributed by atoms with Crippen LogP contribution >= 0.6 is 0 Å². The highest BCUT2D eigenvalue weighted by molar-refractivity contribution is 7.89. The topological polar surface area (TPSA) is 104 Å².